The van der Waals surface area contributed by atoms with E-state index in [9.17, 15) is 8.78 Å². The first-order valence-electron chi connectivity index (χ1n) is 6.11. The first kappa shape index (κ1) is 14.1. The molecule has 0 bridgehead atoms. The van der Waals surface area contributed by atoms with E-state index in [1.54, 1.807) is 11.3 Å². The van der Waals surface area contributed by atoms with E-state index in [1.807, 2.05) is 11.4 Å². The van der Waals surface area contributed by atoms with Gasteiger partial charge in [-0.1, -0.05) is 12.1 Å². The fourth-order valence-electron chi connectivity index (χ4n) is 1.97. The van der Waals surface area contributed by atoms with E-state index in [0.29, 0.717) is 12.0 Å². The first-order valence-corrected chi connectivity index (χ1v) is 6.99. The Morgan fingerprint density at radius 3 is 2.74 bits per heavy atom. The molecule has 0 spiro atoms. The largest absolute Gasteiger partial charge is 0.271 e. The lowest BCUT2D eigenvalue weighted by Crippen LogP contribution is -2.37. The summed E-state index contributed by atoms with van der Waals surface area (Å²) in [6.07, 6.45) is 2.16. The average Bonchev–Trinajstić information content (AvgIpc) is 2.90. The Morgan fingerprint density at radius 2 is 2.11 bits per heavy atom. The van der Waals surface area contributed by atoms with Crippen molar-refractivity contribution in [2.45, 2.75) is 25.3 Å². The zero-order valence-corrected chi connectivity index (χ0v) is 11.2. The summed E-state index contributed by atoms with van der Waals surface area (Å²) in [6.45, 7) is 0. The van der Waals surface area contributed by atoms with Crippen LogP contribution in [0.4, 0.5) is 8.78 Å². The predicted octanol–water partition coefficient (Wildman–Crippen LogP) is 3.03. The van der Waals surface area contributed by atoms with Crippen LogP contribution in [-0.2, 0) is 12.8 Å². The lowest BCUT2D eigenvalue weighted by molar-refractivity contribution is 0.479. The molecule has 1 aromatic carbocycles. The molecule has 0 aliphatic rings. The maximum atomic E-state index is 13.6. The van der Waals surface area contributed by atoms with Gasteiger partial charge in [0.15, 0.2) is 0 Å². The molecule has 1 atom stereocenters. The number of hydrogen-bond acceptors (Lipinski definition) is 3. The average molecular weight is 282 g/mol. The third-order valence-electron chi connectivity index (χ3n) is 3.04. The lowest BCUT2D eigenvalue weighted by atomic mass is 10.0. The standard InChI is InChI=1S/C14H16F2N2S/c15-11-4-3-10(14(16)9-11)8-12(18-17)5-6-13-2-1-7-19-13/h1-4,7,9,12,18H,5-6,8,17H2. The second-order valence-electron chi connectivity index (χ2n) is 4.42. The van der Waals surface area contributed by atoms with E-state index in [0.717, 1.165) is 18.9 Å². The minimum Gasteiger partial charge on any atom is -0.271 e. The summed E-state index contributed by atoms with van der Waals surface area (Å²) in [7, 11) is 0. The highest BCUT2D eigenvalue weighted by atomic mass is 32.1. The van der Waals surface area contributed by atoms with Crippen LogP contribution >= 0.6 is 11.3 Å². The molecule has 1 unspecified atom stereocenters. The summed E-state index contributed by atoms with van der Waals surface area (Å²) < 4.78 is 26.4. The Hall–Kier alpha value is -1.30. The monoisotopic (exact) mass is 282 g/mol. The smallest absolute Gasteiger partial charge is 0.129 e. The van der Waals surface area contributed by atoms with Crippen LogP contribution in [0.3, 0.4) is 0 Å². The molecule has 0 aliphatic heterocycles. The van der Waals surface area contributed by atoms with E-state index in [-0.39, 0.29) is 6.04 Å². The van der Waals surface area contributed by atoms with E-state index in [2.05, 4.69) is 11.5 Å². The summed E-state index contributed by atoms with van der Waals surface area (Å²) >= 11 is 1.69. The van der Waals surface area contributed by atoms with Crippen LogP contribution in [0.25, 0.3) is 0 Å². The van der Waals surface area contributed by atoms with Crippen LogP contribution in [0, 0.1) is 11.6 Å². The first-order chi connectivity index (χ1) is 9.19. The number of halogens is 2. The van der Waals surface area contributed by atoms with Crippen LogP contribution in [0.15, 0.2) is 35.7 Å². The number of hydrogen-bond donors (Lipinski definition) is 2. The molecule has 0 saturated heterocycles. The molecule has 2 nitrogen and oxygen atoms in total. The Morgan fingerprint density at radius 1 is 1.26 bits per heavy atom. The fraction of sp³-hybridized carbons (Fsp3) is 0.286. The van der Waals surface area contributed by atoms with Crippen molar-refractivity contribution in [2.75, 3.05) is 0 Å². The second-order valence-corrected chi connectivity index (χ2v) is 5.45. The molecule has 0 aliphatic carbocycles. The van der Waals surface area contributed by atoms with E-state index >= 15 is 0 Å². The molecule has 102 valence electrons. The van der Waals surface area contributed by atoms with Gasteiger partial charge in [0.25, 0.3) is 0 Å². The number of hydrazine groups is 1. The number of nitrogens with two attached hydrogens (primary N) is 1. The zero-order valence-electron chi connectivity index (χ0n) is 10.4. The maximum Gasteiger partial charge on any atom is 0.129 e. The van der Waals surface area contributed by atoms with Gasteiger partial charge in [-0.05, 0) is 42.3 Å². The van der Waals surface area contributed by atoms with Gasteiger partial charge >= 0.3 is 0 Å². The Balaban J connectivity index is 1.94. The Kier molecular flexibility index (Phi) is 5.01. The minimum atomic E-state index is -0.558. The molecule has 1 heterocycles. The fourth-order valence-corrected chi connectivity index (χ4v) is 2.69. The molecule has 0 fully saturated rings. The van der Waals surface area contributed by atoms with Crippen LogP contribution in [-0.4, -0.2) is 6.04 Å². The molecular weight excluding hydrogens is 266 g/mol. The van der Waals surface area contributed by atoms with Crippen molar-refractivity contribution in [3.63, 3.8) is 0 Å². The molecule has 0 amide bonds. The van der Waals surface area contributed by atoms with Crippen molar-refractivity contribution >= 4 is 11.3 Å². The van der Waals surface area contributed by atoms with Gasteiger partial charge in [0.1, 0.15) is 11.6 Å². The SMILES string of the molecule is NNC(CCc1cccs1)Cc1ccc(F)cc1F. The van der Waals surface area contributed by atoms with E-state index < -0.39 is 11.6 Å². The van der Waals surface area contributed by atoms with Crippen LogP contribution in [0.1, 0.15) is 16.9 Å². The summed E-state index contributed by atoms with van der Waals surface area (Å²) in [6, 6.07) is 7.69. The number of nitrogens with one attached hydrogen (secondary N) is 1. The molecule has 0 radical (unpaired) electrons. The highest BCUT2D eigenvalue weighted by molar-refractivity contribution is 7.09. The van der Waals surface area contributed by atoms with Gasteiger partial charge in [-0.2, -0.15) is 0 Å². The number of aryl methyl sites for hydroxylation is 1. The number of thiophene rings is 1. The van der Waals surface area contributed by atoms with Crippen molar-refractivity contribution in [1.29, 1.82) is 0 Å². The predicted molar refractivity (Wildman–Crippen MR) is 73.8 cm³/mol. The quantitative estimate of drug-likeness (QED) is 0.631. The summed E-state index contributed by atoms with van der Waals surface area (Å²) in [5.41, 5.74) is 3.18. The molecule has 2 rings (SSSR count). The van der Waals surface area contributed by atoms with Crippen LogP contribution in [0.5, 0.6) is 0 Å². The normalized spacial score (nSPS) is 12.6. The topological polar surface area (TPSA) is 38.0 Å². The zero-order chi connectivity index (χ0) is 13.7. The van der Waals surface area contributed by atoms with Crippen molar-refractivity contribution in [1.82, 2.24) is 5.43 Å². The Bertz CT molecular complexity index is 514. The molecule has 3 N–H and O–H groups in total. The number of benzene rings is 1. The van der Waals surface area contributed by atoms with Gasteiger partial charge in [0.05, 0.1) is 0 Å². The molecular formula is C14H16F2N2S. The molecule has 5 heteroatoms. The highest BCUT2D eigenvalue weighted by Crippen LogP contribution is 2.16. The van der Waals surface area contributed by atoms with Gasteiger partial charge < -0.3 is 0 Å². The number of rotatable bonds is 6. The molecule has 19 heavy (non-hydrogen) atoms. The maximum absolute atomic E-state index is 13.6. The van der Waals surface area contributed by atoms with Gasteiger partial charge in [-0.3, -0.25) is 11.3 Å². The summed E-state index contributed by atoms with van der Waals surface area (Å²) in [4.78, 5) is 1.28. The van der Waals surface area contributed by atoms with Gasteiger partial charge in [-0.25, -0.2) is 8.78 Å². The third kappa shape index (κ3) is 4.09. The molecule has 0 saturated carbocycles. The third-order valence-corrected chi connectivity index (χ3v) is 3.97. The van der Waals surface area contributed by atoms with Crippen LogP contribution < -0.4 is 11.3 Å². The minimum absolute atomic E-state index is 0.0259. The van der Waals surface area contributed by atoms with Crippen molar-refractivity contribution in [2.24, 2.45) is 5.84 Å². The molecule has 2 aromatic rings. The lowest BCUT2D eigenvalue weighted by Gasteiger charge is -2.15. The van der Waals surface area contributed by atoms with Crippen molar-refractivity contribution < 1.29 is 8.78 Å². The second kappa shape index (κ2) is 6.75. The van der Waals surface area contributed by atoms with Crippen molar-refractivity contribution in [3.8, 4) is 0 Å². The van der Waals surface area contributed by atoms with Gasteiger partial charge in [0.2, 0.25) is 0 Å². The highest BCUT2D eigenvalue weighted by Gasteiger charge is 2.12. The summed E-state index contributed by atoms with van der Waals surface area (Å²) in [5, 5.41) is 2.03. The van der Waals surface area contributed by atoms with E-state index in [1.165, 1.54) is 17.0 Å². The van der Waals surface area contributed by atoms with Crippen LogP contribution in [0.2, 0.25) is 0 Å². The van der Waals surface area contributed by atoms with Gasteiger partial charge in [-0.15, -0.1) is 11.3 Å². The Labute approximate surface area is 115 Å². The molecule has 1 aromatic heterocycles. The van der Waals surface area contributed by atoms with E-state index in [4.69, 9.17) is 5.84 Å². The summed E-state index contributed by atoms with van der Waals surface area (Å²) in [5.74, 6) is 4.42. The van der Waals surface area contributed by atoms with Crippen molar-refractivity contribution in [3.05, 3.63) is 57.8 Å². The van der Waals surface area contributed by atoms with Gasteiger partial charge in [0, 0.05) is 17.0 Å².